The molecule has 6 nitrogen and oxygen atoms in total. The van der Waals surface area contributed by atoms with E-state index in [0.29, 0.717) is 17.7 Å². The quantitative estimate of drug-likeness (QED) is 0.726. The molecular weight excluding hydrogens is 338 g/mol. The van der Waals surface area contributed by atoms with Crippen LogP contribution in [0.15, 0.2) is 65.5 Å². The number of aryl methyl sites for hydroxylation is 1. The van der Waals surface area contributed by atoms with Crippen LogP contribution in [-0.2, 0) is 0 Å². The van der Waals surface area contributed by atoms with Gasteiger partial charge >= 0.3 is 0 Å². The Morgan fingerprint density at radius 3 is 2.00 bits per heavy atom. The number of rotatable bonds is 4. The van der Waals surface area contributed by atoms with Crippen molar-refractivity contribution in [3.63, 3.8) is 0 Å². The fourth-order valence-electron chi connectivity index (χ4n) is 3.78. The number of quaternary nitrogens is 1. The average Bonchev–Trinajstić information content (AvgIpc) is 2.72. The van der Waals surface area contributed by atoms with Crippen LogP contribution >= 0.6 is 0 Å². The molecule has 0 unspecified atom stereocenters. The van der Waals surface area contributed by atoms with Crippen molar-refractivity contribution in [2.24, 2.45) is 0 Å². The molecule has 1 aliphatic rings. The highest BCUT2D eigenvalue weighted by atomic mass is 16.1. The Balaban J connectivity index is 1.55. The van der Waals surface area contributed by atoms with Crippen LogP contribution in [0.2, 0.25) is 0 Å². The number of H-pyrrole nitrogens is 1. The van der Waals surface area contributed by atoms with E-state index in [1.807, 2.05) is 0 Å². The van der Waals surface area contributed by atoms with Crippen molar-refractivity contribution in [2.45, 2.75) is 13.0 Å². The van der Waals surface area contributed by atoms with Crippen molar-refractivity contribution in [1.29, 1.82) is 0 Å². The van der Waals surface area contributed by atoms with Crippen molar-refractivity contribution in [3.05, 3.63) is 87.8 Å². The predicted molar refractivity (Wildman–Crippen MR) is 105 cm³/mol. The van der Waals surface area contributed by atoms with Gasteiger partial charge in [0, 0.05) is 11.1 Å². The van der Waals surface area contributed by atoms with E-state index in [2.05, 4.69) is 80.7 Å². The minimum absolute atomic E-state index is 0.166. The molecule has 1 aromatic heterocycles. The summed E-state index contributed by atoms with van der Waals surface area (Å²) in [6.07, 6.45) is 0. The molecule has 2 aromatic carbocycles. The minimum Gasteiger partial charge on any atom is -0.330 e. The number of nitrogens with one attached hydrogen (secondary N) is 2. The molecule has 27 heavy (non-hydrogen) atoms. The zero-order chi connectivity index (χ0) is 18.6. The highest BCUT2D eigenvalue weighted by Gasteiger charge is 2.30. The minimum atomic E-state index is -0.166. The predicted octanol–water partition coefficient (Wildman–Crippen LogP) is 0.968. The van der Waals surface area contributed by atoms with Gasteiger partial charge in [-0.2, -0.15) is 0 Å². The maximum Gasteiger partial charge on any atom is 0.273 e. The lowest BCUT2D eigenvalue weighted by molar-refractivity contribution is -0.926. The second kappa shape index (κ2) is 7.72. The maximum atomic E-state index is 11.8. The van der Waals surface area contributed by atoms with Crippen LogP contribution in [0.1, 0.15) is 22.9 Å². The van der Waals surface area contributed by atoms with E-state index < -0.39 is 0 Å². The van der Waals surface area contributed by atoms with E-state index in [1.54, 1.807) is 6.92 Å². The summed E-state index contributed by atoms with van der Waals surface area (Å²) in [7, 11) is 0. The summed E-state index contributed by atoms with van der Waals surface area (Å²) in [6.45, 7) is 5.26. The van der Waals surface area contributed by atoms with Crippen molar-refractivity contribution in [1.82, 2.24) is 15.2 Å². The molecule has 0 radical (unpaired) electrons. The van der Waals surface area contributed by atoms with Crippen LogP contribution in [0.4, 0.5) is 5.95 Å². The standard InChI is InChI=1S/C21H23N5O/c1-16-20(27)22-21(24-23-16)26-14-12-25(13-15-26)19(17-8-4-2-5-9-17)18-10-6-3-7-11-18/h2-11,19H,12-15H2,1H3,(H,22,24,27)/p+1. The van der Waals surface area contributed by atoms with Gasteiger partial charge in [-0.15, -0.1) is 10.2 Å². The van der Waals surface area contributed by atoms with Crippen LogP contribution in [-0.4, -0.2) is 41.4 Å². The number of aromatic nitrogens is 3. The molecule has 1 saturated heterocycles. The van der Waals surface area contributed by atoms with Crippen molar-refractivity contribution < 1.29 is 4.90 Å². The van der Waals surface area contributed by atoms with Crippen molar-refractivity contribution in [3.8, 4) is 0 Å². The lowest BCUT2D eigenvalue weighted by Crippen LogP contribution is -3.15. The van der Waals surface area contributed by atoms with Gasteiger partial charge < -0.3 is 9.80 Å². The summed E-state index contributed by atoms with van der Waals surface area (Å²) in [5.41, 5.74) is 2.89. The number of aromatic amines is 1. The molecule has 0 saturated carbocycles. The Labute approximate surface area is 158 Å². The summed E-state index contributed by atoms with van der Waals surface area (Å²) in [5.74, 6) is 0.570. The molecule has 1 fully saturated rings. The monoisotopic (exact) mass is 362 g/mol. The Morgan fingerprint density at radius 1 is 0.926 bits per heavy atom. The summed E-state index contributed by atoms with van der Waals surface area (Å²) >= 11 is 0. The van der Waals surface area contributed by atoms with Crippen molar-refractivity contribution >= 4 is 5.95 Å². The lowest BCUT2D eigenvalue weighted by atomic mass is 9.96. The Hall–Kier alpha value is -2.99. The van der Waals surface area contributed by atoms with E-state index in [-0.39, 0.29) is 5.56 Å². The summed E-state index contributed by atoms with van der Waals surface area (Å²) in [4.78, 5) is 18.3. The van der Waals surface area contributed by atoms with E-state index in [9.17, 15) is 4.79 Å². The van der Waals surface area contributed by atoms with Crippen molar-refractivity contribution in [2.75, 3.05) is 31.1 Å². The van der Waals surface area contributed by atoms with E-state index in [4.69, 9.17) is 0 Å². The van der Waals surface area contributed by atoms with E-state index >= 15 is 0 Å². The first-order chi connectivity index (χ1) is 13.2. The van der Waals surface area contributed by atoms with Crippen LogP contribution in [0.5, 0.6) is 0 Å². The second-order valence-electron chi connectivity index (χ2n) is 6.96. The van der Waals surface area contributed by atoms with Gasteiger partial charge in [0.15, 0.2) is 0 Å². The molecule has 4 rings (SSSR count). The molecule has 0 atom stereocenters. The Morgan fingerprint density at radius 2 is 1.48 bits per heavy atom. The van der Waals surface area contributed by atoms with Gasteiger partial charge in [-0.3, -0.25) is 9.78 Å². The fourth-order valence-corrected chi connectivity index (χ4v) is 3.78. The number of hydrogen-bond acceptors (Lipinski definition) is 4. The number of benzene rings is 2. The molecule has 0 aliphatic carbocycles. The number of anilines is 1. The van der Waals surface area contributed by atoms with E-state index in [1.165, 1.54) is 16.0 Å². The third kappa shape index (κ3) is 3.75. The molecule has 0 bridgehead atoms. The summed E-state index contributed by atoms with van der Waals surface area (Å²) in [6, 6.07) is 21.7. The molecular formula is C21H24N5O+. The normalized spacial score (nSPS) is 15.3. The highest BCUT2D eigenvalue weighted by molar-refractivity contribution is 5.31. The van der Waals surface area contributed by atoms with Gasteiger partial charge in [0.05, 0.1) is 26.2 Å². The first-order valence-corrected chi connectivity index (χ1v) is 9.35. The van der Waals surface area contributed by atoms with Gasteiger partial charge in [0.1, 0.15) is 11.7 Å². The van der Waals surface area contributed by atoms with Crippen LogP contribution in [0, 0.1) is 6.92 Å². The van der Waals surface area contributed by atoms with Crippen LogP contribution in [0.3, 0.4) is 0 Å². The second-order valence-corrected chi connectivity index (χ2v) is 6.96. The first-order valence-electron chi connectivity index (χ1n) is 9.35. The number of piperazine rings is 1. The van der Waals surface area contributed by atoms with Crippen LogP contribution < -0.4 is 15.4 Å². The topological polar surface area (TPSA) is 66.3 Å². The SMILES string of the molecule is Cc1nnc(N2CC[NH+](C(c3ccccc3)c3ccccc3)CC2)[nH]c1=O. The molecule has 6 heteroatoms. The number of nitrogens with zero attached hydrogens (tertiary/aromatic N) is 3. The molecule has 0 amide bonds. The maximum absolute atomic E-state index is 11.8. The average molecular weight is 362 g/mol. The van der Waals surface area contributed by atoms with Gasteiger partial charge in [-0.05, 0) is 6.92 Å². The largest absolute Gasteiger partial charge is 0.330 e. The zero-order valence-electron chi connectivity index (χ0n) is 15.4. The summed E-state index contributed by atoms with van der Waals surface area (Å²) in [5, 5.41) is 8.12. The number of hydrogen-bond donors (Lipinski definition) is 2. The summed E-state index contributed by atoms with van der Waals surface area (Å²) < 4.78 is 0. The molecule has 2 heterocycles. The smallest absolute Gasteiger partial charge is 0.273 e. The van der Waals surface area contributed by atoms with Gasteiger partial charge in [0.2, 0.25) is 5.95 Å². The third-order valence-corrected chi connectivity index (χ3v) is 5.23. The van der Waals surface area contributed by atoms with Crippen LogP contribution in [0.25, 0.3) is 0 Å². The fraction of sp³-hybridized carbons (Fsp3) is 0.286. The highest BCUT2D eigenvalue weighted by Crippen LogP contribution is 2.19. The van der Waals surface area contributed by atoms with Gasteiger partial charge in [-0.1, -0.05) is 60.7 Å². The van der Waals surface area contributed by atoms with E-state index in [0.717, 1.165) is 26.2 Å². The first kappa shape index (κ1) is 17.4. The lowest BCUT2D eigenvalue weighted by Gasteiger charge is -2.37. The molecule has 3 aromatic rings. The molecule has 138 valence electrons. The molecule has 1 aliphatic heterocycles. The third-order valence-electron chi connectivity index (χ3n) is 5.23. The zero-order valence-corrected chi connectivity index (χ0v) is 15.4. The van der Waals surface area contributed by atoms with Gasteiger partial charge in [-0.25, -0.2) is 0 Å². The van der Waals surface area contributed by atoms with Gasteiger partial charge in [0.25, 0.3) is 5.56 Å². The Bertz CT molecular complexity index is 894. The molecule has 2 N–H and O–H groups in total. The Kier molecular flexibility index (Phi) is 4.98. The molecule has 0 spiro atoms.